The normalized spacial score (nSPS) is 11.7. The number of nitrogens with one attached hydrogen (secondary N) is 1. The van der Waals surface area contributed by atoms with E-state index in [0.717, 1.165) is 26.4 Å². The summed E-state index contributed by atoms with van der Waals surface area (Å²) in [5.74, 6) is 0.463. The van der Waals surface area contributed by atoms with E-state index in [-0.39, 0.29) is 10.7 Å². The molecule has 0 amide bonds. The van der Waals surface area contributed by atoms with E-state index < -0.39 is 10.0 Å². The Labute approximate surface area is 205 Å². The number of nitrogen functional groups attached to an aromatic ring is 1. The summed E-state index contributed by atoms with van der Waals surface area (Å²) in [6.07, 6.45) is 0. The van der Waals surface area contributed by atoms with E-state index in [1.807, 2.05) is 48.5 Å². The van der Waals surface area contributed by atoms with Gasteiger partial charge in [0, 0.05) is 26.9 Å². The van der Waals surface area contributed by atoms with E-state index in [9.17, 15) is 8.42 Å². The topological polar surface area (TPSA) is 98.2 Å². The van der Waals surface area contributed by atoms with Gasteiger partial charge in [-0.1, -0.05) is 46.3 Å². The van der Waals surface area contributed by atoms with Gasteiger partial charge >= 0.3 is 0 Å². The highest BCUT2D eigenvalue weighted by Crippen LogP contribution is 2.37. The lowest BCUT2D eigenvalue weighted by Gasteiger charge is -2.11. The molecule has 1 aromatic heterocycles. The molecule has 6 nitrogen and oxygen atoms in total. The van der Waals surface area contributed by atoms with Crippen molar-refractivity contribution in [3.63, 3.8) is 0 Å². The molecule has 0 bridgehead atoms. The van der Waals surface area contributed by atoms with Crippen LogP contribution in [-0.4, -0.2) is 25.3 Å². The highest BCUT2D eigenvalue weighted by Gasteiger charge is 2.24. The van der Waals surface area contributed by atoms with Crippen molar-refractivity contribution in [1.82, 2.24) is 3.97 Å². The third-order valence-electron chi connectivity index (χ3n) is 5.77. The molecule has 0 atom stereocenters. The zero-order chi connectivity index (χ0) is 24.0. The fraction of sp³-hybridized carbons (Fsp3) is 0.0385. The van der Waals surface area contributed by atoms with Gasteiger partial charge in [0.15, 0.2) is 0 Å². The maximum absolute atomic E-state index is 13.8. The molecule has 0 aliphatic rings. The summed E-state index contributed by atoms with van der Waals surface area (Å²) < 4.78 is 35.1. The Morgan fingerprint density at radius 3 is 2.29 bits per heavy atom. The van der Waals surface area contributed by atoms with Crippen molar-refractivity contribution in [3.8, 4) is 16.9 Å². The van der Waals surface area contributed by atoms with Gasteiger partial charge in [0.05, 0.1) is 23.0 Å². The Bertz CT molecular complexity index is 1710. The molecule has 4 aromatic carbocycles. The average molecular weight is 534 g/mol. The number of hydrogen-bond acceptors (Lipinski definition) is 4. The number of aromatic nitrogens is 1. The highest BCUT2D eigenvalue weighted by atomic mass is 79.9. The Kier molecular flexibility index (Phi) is 5.42. The van der Waals surface area contributed by atoms with E-state index >= 15 is 0 Å². The molecule has 3 N–H and O–H groups in total. The van der Waals surface area contributed by atoms with Crippen molar-refractivity contribution >= 4 is 53.6 Å². The Morgan fingerprint density at radius 2 is 1.56 bits per heavy atom. The van der Waals surface area contributed by atoms with Gasteiger partial charge in [-0.25, -0.2) is 12.4 Å². The van der Waals surface area contributed by atoms with Gasteiger partial charge in [0.2, 0.25) is 0 Å². The minimum absolute atomic E-state index is 0.00663. The molecule has 5 aromatic rings. The average Bonchev–Trinajstić information content (AvgIpc) is 3.17. The van der Waals surface area contributed by atoms with Gasteiger partial charge in [0.25, 0.3) is 10.0 Å². The highest BCUT2D eigenvalue weighted by molar-refractivity contribution is 9.10. The molecule has 5 rings (SSSR count). The van der Waals surface area contributed by atoms with Gasteiger partial charge < -0.3 is 10.5 Å². The molecule has 0 aliphatic heterocycles. The maximum Gasteiger partial charge on any atom is 0.268 e. The molecule has 170 valence electrons. The lowest BCUT2D eigenvalue weighted by atomic mass is 10.0. The minimum Gasteiger partial charge on any atom is -0.497 e. The number of nitrogens with zero attached hydrogens (tertiary/aromatic N) is 1. The first-order valence-electron chi connectivity index (χ1n) is 10.4. The number of ether oxygens (including phenoxy) is 1. The fourth-order valence-corrected chi connectivity index (χ4v) is 6.06. The zero-order valence-electron chi connectivity index (χ0n) is 18.1. The van der Waals surface area contributed by atoms with E-state index in [2.05, 4.69) is 15.9 Å². The van der Waals surface area contributed by atoms with Gasteiger partial charge in [-0.15, -0.1) is 0 Å². The van der Waals surface area contributed by atoms with Crippen LogP contribution in [0, 0.1) is 5.41 Å². The van der Waals surface area contributed by atoms with Crippen molar-refractivity contribution in [2.75, 3.05) is 7.11 Å². The number of halogens is 1. The fourth-order valence-electron chi connectivity index (χ4n) is 4.13. The third-order valence-corrected chi connectivity index (χ3v) is 7.99. The molecule has 0 aliphatic carbocycles. The van der Waals surface area contributed by atoms with Crippen molar-refractivity contribution in [2.45, 2.75) is 4.90 Å². The van der Waals surface area contributed by atoms with E-state index in [1.165, 1.54) is 17.1 Å². The van der Waals surface area contributed by atoms with Crippen molar-refractivity contribution in [1.29, 1.82) is 5.41 Å². The third kappa shape index (κ3) is 3.65. The largest absolute Gasteiger partial charge is 0.497 e. The molecular weight excluding hydrogens is 514 g/mol. The Balaban J connectivity index is 1.80. The van der Waals surface area contributed by atoms with Crippen LogP contribution >= 0.6 is 15.9 Å². The molecular formula is C26H20BrN3O3S. The minimum atomic E-state index is -3.91. The van der Waals surface area contributed by atoms with Crippen LogP contribution in [0.3, 0.4) is 0 Å². The second-order valence-corrected chi connectivity index (χ2v) is 10.5. The number of amidine groups is 1. The number of rotatable bonds is 5. The summed E-state index contributed by atoms with van der Waals surface area (Å²) >= 11 is 3.52. The first-order chi connectivity index (χ1) is 16.3. The molecule has 34 heavy (non-hydrogen) atoms. The first kappa shape index (κ1) is 22.2. The quantitative estimate of drug-likeness (QED) is 0.222. The summed E-state index contributed by atoms with van der Waals surface area (Å²) in [5, 5.41) is 9.34. The number of benzene rings is 4. The van der Waals surface area contributed by atoms with Crippen molar-refractivity contribution < 1.29 is 13.2 Å². The summed E-state index contributed by atoms with van der Waals surface area (Å²) in [7, 11) is -2.41. The Hall–Kier alpha value is -3.62. The van der Waals surface area contributed by atoms with Gasteiger partial charge in [-0.05, 0) is 59.7 Å². The predicted octanol–water partition coefficient (Wildman–Crippen LogP) is 5.75. The van der Waals surface area contributed by atoms with E-state index in [0.29, 0.717) is 22.3 Å². The zero-order valence-corrected chi connectivity index (χ0v) is 20.5. The number of fused-ring (bicyclic) bond motifs is 3. The van der Waals surface area contributed by atoms with E-state index in [1.54, 1.807) is 30.3 Å². The molecule has 0 unspecified atom stereocenters. The number of nitrogens with two attached hydrogens (primary N) is 1. The van der Waals surface area contributed by atoms with Crippen LogP contribution in [0.25, 0.3) is 32.9 Å². The first-order valence-corrected chi connectivity index (χ1v) is 12.6. The molecule has 0 saturated heterocycles. The molecule has 0 spiro atoms. The maximum atomic E-state index is 13.8. The van der Waals surface area contributed by atoms with Gasteiger partial charge in [0.1, 0.15) is 11.6 Å². The standard InChI is InChI=1S/C26H20BrN3O3S/c1-33-20-6-3-7-21(15-20)34(31,32)30-24-10-8-17(16-4-2-5-18(12-16)26(28)29)13-22(24)23-14-19(27)9-11-25(23)30/h2-15H,1H3,(H3,28,29). The lowest BCUT2D eigenvalue weighted by Crippen LogP contribution is -2.12. The molecule has 8 heteroatoms. The molecule has 0 saturated carbocycles. The monoisotopic (exact) mass is 533 g/mol. The number of methoxy groups -OCH3 is 1. The second-order valence-electron chi connectivity index (χ2n) is 7.84. The molecule has 1 heterocycles. The molecule has 0 fully saturated rings. The van der Waals surface area contributed by atoms with E-state index in [4.69, 9.17) is 15.9 Å². The predicted molar refractivity (Wildman–Crippen MR) is 139 cm³/mol. The Morgan fingerprint density at radius 1 is 0.882 bits per heavy atom. The second kappa shape index (κ2) is 8.30. The SMILES string of the molecule is COc1cccc(S(=O)(=O)n2c3ccc(Br)cc3c3cc(-c4cccc(C(=N)N)c4)ccc32)c1. The molecule has 0 radical (unpaired) electrons. The van der Waals surface area contributed by atoms with Crippen LogP contribution in [0.5, 0.6) is 5.75 Å². The summed E-state index contributed by atoms with van der Waals surface area (Å²) in [6, 6.07) is 25.1. The number of hydrogen-bond donors (Lipinski definition) is 2. The van der Waals surface area contributed by atoms with Gasteiger partial charge in [-0.3, -0.25) is 5.41 Å². The summed E-state index contributed by atoms with van der Waals surface area (Å²) in [5.41, 5.74) is 9.23. The smallest absolute Gasteiger partial charge is 0.268 e. The van der Waals surface area contributed by atoms with Crippen LogP contribution in [0.1, 0.15) is 5.56 Å². The van der Waals surface area contributed by atoms with Crippen LogP contribution in [0.2, 0.25) is 0 Å². The van der Waals surface area contributed by atoms with Crippen LogP contribution in [-0.2, 0) is 10.0 Å². The van der Waals surface area contributed by atoms with Crippen LogP contribution < -0.4 is 10.5 Å². The van der Waals surface area contributed by atoms with Crippen LogP contribution in [0.15, 0.2) is 94.3 Å². The van der Waals surface area contributed by atoms with Gasteiger partial charge in [-0.2, -0.15) is 0 Å². The van der Waals surface area contributed by atoms with Crippen molar-refractivity contribution in [3.05, 3.63) is 95.0 Å². The van der Waals surface area contributed by atoms with Crippen molar-refractivity contribution in [2.24, 2.45) is 5.73 Å². The summed E-state index contributed by atoms with van der Waals surface area (Å²) in [6.45, 7) is 0. The lowest BCUT2D eigenvalue weighted by molar-refractivity contribution is 0.413. The summed E-state index contributed by atoms with van der Waals surface area (Å²) in [4.78, 5) is 0.145. The van der Waals surface area contributed by atoms with Crippen LogP contribution in [0.4, 0.5) is 0 Å².